The molecule has 0 spiro atoms. The topological polar surface area (TPSA) is 78.9 Å². The first kappa shape index (κ1) is 18.9. The number of carboxylic acids is 1. The maximum Gasteiger partial charge on any atom is 0.394 e. The number of likely N-dealkylation sites (tertiary alicyclic amines) is 1. The third-order valence-corrected chi connectivity index (χ3v) is 4.17. The molecule has 0 aromatic heterocycles. The molecule has 1 aromatic carbocycles. The fourth-order valence-electron chi connectivity index (χ4n) is 2.81. The normalized spacial score (nSPS) is 20.4. The smallest absolute Gasteiger partial charge is 0.394 e. The van der Waals surface area contributed by atoms with Crippen LogP contribution in [0.15, 0.2) is 24.3 Å². The molecule has 0 aliphatic carbocycles. The highest BCUT2D eigenvalue weighted by Gasteiger charge is 2.53. The summed E-state index contributed by atoms with van der Waals surface area (Å²) >= 11 is 0. The Morgan fingerprint density at radius 3 is 2.64 bits per heavy atom. The number of nitrogens with one attached hydrogen (secondary N) is 1. The van der Waals surface area contributed by atoms with Gasteiger partial charge in [-0.05, 0) is 24.1 Å². The molecular weight excluding hydrogens is 341 g/mol. The molecular formula is C16H19F3N2O4. The van der Waals surface area contributed by atoms with Gasteiger partial charge in [-0.3, -0.25) is 4.79 Å². The van der Waals surface area contributed by atoms with Crippen LogP contribution in [0.1, 0.15) is 5.56 Å². The number of alkyl halides is 3. The van der Waals surface area contributed by atoms with Crippen LogP contribution in [0, 0.1) is 11.8 Å². The lowest BCUT2D eigenvalue weighted by Crippen LogP contribution is -2.40. The number of ether oxygens (including phenoxy) is 1. The van der Waals surface area contributed by atoms with Crippen LogP contribution < -0.4 is 10.1 Å². The van der Waals surface area contributed by atoms with Crippen LogP contribution in [0.3, 0.4) is 0 Å². The molecule has 1 aliphatic heterocycles. The van der Waals surface area contributed by atoms with Gasteiger partial charge in [-0.25, -0.2) is 4.79 Å². The second-order valence-corrected chi connectivity index (χ2v) is 5.83. The summed E-state index contributed by atoms with van der Waals surface area (Å²) < 4.78 is 43.8. The average Bonchev–Trinajstić information content (AvgIpc) is 3.01. The van der Waals surface area contributed by atoms with Gasteiger partial charge in [0.05, 0.1) is 18.9 Å². The number of urea groups is 1. The number of carbonyl (C=O) groups excluding carboxylic acids is 1. The minimum Gasteiger partial charge on any atom is -0.497 e. The molecule has 1 saturated heterocycles. The minimum absolute atomic E-state index is 0.219. The Hall–Kier alpha value is -2.45. The van der Waals surface area contributed by atoms with E-state index in [-0.39, 0.29) is 6.54 Å². The molecule has 2 rings (SSSR count). The van der Waals surface area contributed by atoms with Crippen molar-refractivity contribution >= 4 is 12.0 Å². The van der Waals surface area contributed by atoms with Gasteiger partial charge in [-0.2, -0.15) is 13.2 Å². The summed E-state index contributed by atoms with van der Waals surface area (Å²) in [6.07, 6.45) is -4.18. The number of rotatable bonds is 5. The summed E-state index contributed by atoms with van der Waals surface area (Å²) in [4.78, 5) is 24.0. The number of halogens is 3. The molecule has 0 bridgehead atoms. The molecule has 2 amide bonds. The monoisotopic (exact) mass is 360 g/mol. The van der Waals surface area contributed by atoms with Crippen LogP contribution in [0.2, 0.25) is 0 Å². The molecule has 2 N–H and O–H groups in total. The summed E-state index contributed by atoms with van der Waals surface area (Å²) in [5, 5.41) is 11.5. The van der Waals surface area contributed by atoms with E-state index in [4.69, 9.17) is 9.84 Å². The van der Waals surface area contributed by atoms with E-state index in [1.165, 1.54) is 7.11 Å². The van der Waals surface area contributed by atoms with Crippen molar-refractivity contribution < 1.29 is 32.6 Å². The van der Waals surface area contributed by atoms with Crippen molar-refractivity contribution in [2.75, 3.05) is 26.7 Å². The number of methoxy groups -OCH3 is 1. The lowest BCUT2D eigenvalue weighted by molar-refractivity contribution is -0.187. The van der Waals surface area contributed by atoms with Crippen LogP contribution in [0.4, 0.5) is 18.0 Å². The fourth-order valence-corrected chi connectivity index (χ4v) is 2.81. The number of hydrogen-bond donors (Lipinski definition) is 2. The van der Waals surface area contributed by atoms with Gasteiger partial charge >= 0.3 is 18.2 Å². The summed E-state index contributed by atoms with van der Waals surface area (Å²) in [6.45, 7) is -0.882. The number of hydrogen-bond acceptors (Lipinski definition) is 3. The molecule has 6 nitrogen and oxygen atoms in total. The number of carbonyl (C=O) groups is 2. The van der Waals surface area contributed by atoms with Gasteiger partial charge in [0.2, 0.25) is 0 Å². The predicted molar refractivity (Wildman–Crippen MR) is 82.3 cm³/mol. The third kappa shape index (κ3) is 4.77. The van der Waals surface area contributed by atoms with E-state index in [0.29, 0.717) is 12.2 Å². The van der Waals surface area contributed by atoms with E-state index in [0.717, 1.165) is 10.5 Å². The molecule has 9 heteroatoms. The Bertz CT molecular complexity index is 636. The molecule has 138 valence electrons. The zero-order chi connectivity index (χ0) is 18.6. The molecule has 0 unspecified atom stereocenters. The number of carboxylic acid groups (broad SMARTS) is 1. The third-order valence-electron chi connectivity index (χ3n) is 4.17. The highest BCUT2D eigenvalue weighted by atomic mass is 19.4. The van der Waals surface area contributed by atoms with Crippen LogP contribution in [-0.4, -0.2) is 54.9 Å². The zero-order valence-corrected chi connectivity index (χ0v) is 13.5. The highest BCUT2D eigenvalue weighted by molar-refractivity contribution is 5.77. The average molecular weight is 360 g/mol. The van der Waals surface area contributed by atoms with E-state index >= 15 is 0 Å². The molecule has 1 aromatic rings. The van der Waals surface area contributed by atoms with E-state index in [1.807, 2.05) is 6.07 Å². The highest BCUT2D eigenvalue weighted by Crippen LogP contribution is 2.37. The van der Waals surface area contributed by atoms with E-state index in [1.54, 1.807) is 18.2 Å². The standard InChI is InChI=1S/C16H19F3N2O4/c1-25-11-4-2-3-10(7-11)5-6-20-15(24)21-8-12(14(22)23)13(9-21)16(17,18)19/h2-4,7,12-13H,5-6,8-9H2,1H3,(H,20,24)(H,22,23)/t12-,13-/m1/s1. The van der Waals surface area contributed by atoms with Crippen molar-refractivity contribution in [2.24, 2.45) is 11.8 Å². The summed E-state index contributed by atoms with van der Waals surface area (Å²) in [7, 11) is 1.53. The van der Waals surface area contributed by atoms with Crippen LogP contribution >= 0.6 is 0 Å². The molecule has 2 atom stereocenters. The van der Waals surface area contributed by atoms with Gasteiger partial charge < -0.3 is 20.1 Å². The quantitative estimate of drug-likeness (QED) is 0.843. The Balaban J connectivity index is 1.89. The fraction of sp³-hybridized carbons (Fsp3) is 0.500. The van der Waals surface area contributed by atoms with E-state index in [9.17, 15) is 22.8 Å². The van der Waals surface area contributed by atoms with Crippen molar-refractivity contribution in [2.45, 2.75) is 12.6 Å². The van der Waals surface area contributed by atoms with Gasteiger partial charge in [-0.1, -0.05) is 12.1 Å². The van der Waals surface area contributed by atoms with Gasteiger partial charge in [0, 0.05) is 19.6 Å². The van der Waals surface area contributed by atoms with E-state index < -0.39 is 43.1 Å². The first-order chi connectivity index (χ1) is 11.7. The number of benzene rings is 1. The van der Waals surface area contributed by atoms with Crippen molar-refractivity contribution in [1.82, 2.24) is 10.2 Å². The van der Waals surface area contributed by atoms with Crippen molar-refractivity contribution in [3.63, 3.8) is 0 Å². The first-order valence-electron chi connectivity index (χ1n) is 7.67. The van der Waals surface area contributed by atoms with Gasteiger partial charge in [0.15, 0.2) is 0 Å². The summed E-state index contributed by atoms with van der Waals surface area (Å²) in [5.41, 5.74) is 0.901. The number of nitrogens with zero attached hydrogens (tertiary/aromatic N) is 1. The SMILES string of the molecule is COc1cccc(CCNC(=O)N2C[C@@H](C(F)(F)F)[C@H](C(=O)O)C2)c1. The maximum atomic E-state index is 12.9. The Morgan fingerprint density at radius 2 is 2.08 bits per heavy atom. The van der Waals surface area contributed by atoms with Gasteiger partial charge in [0.1, 0.15) is 5.75 Å². The second kappa shape index (κ2) is 7.62. The van der Waals surface area contributed by atoms with Gasteiger partial charge in [0.25, 0.3) is 0 Å². The summed E-state index contributed by atoms with van der Waals surface area (Å²) in [6, 6.07) is 6.51. The largest absolute Gasteiger partial charge is 0.497 e. The Kier molecular flexibility index (Phi) is 5.76. The van der Waals surface area contributed by atoms with Gasteiger partial charge in [-0.15, -0.1) is 0 Å². The Labute approximate surface area is 142 Å². The van der Waals surface area contributed by atoms with Crippen molar-refractivity contribution in [3.05, 3.63) is 29.8 Å². The lowest BCUT2D eigenvalue weighted by Gasteiger charge is -2.18. The molecule has 0 radical (unpaired) electrons. The molecule has 0 saturated carbocycles. The van der Waals surface area contributed by atoms with Crippen LogP contribution in [-0.2, 0) is 11.2 Å². The molecule has 25 heavy (non-hydrogen) atoms. The zero-order valence-electron chi connectivity index (χ0n) is 13.5. The number of amides is 2. The van der Waals surface area contributed by atoms with Crippen molar-refractivity contribution in [1.29, 1.82) is 0 Å². The maximum absolute atomic E-state index is 12.9. The van der Waals surface area contributed by atoms with Crippen LogP contribution in [0.5, 0.6) is 5.75 Å². The van der Waals surface area contributed by atoms with Crippen molar-refractivity contribution in [3.8, 4) is 5.75 Å². The minimum atomic E-state index is -4.65. The number of aliphatic carboxylic acids is 1. The Morgan fingerprint density at radius 1 is 1.36 bits per heavy atom. The molecule has 1 fully saturated rings. The lowest BCUT2D eigenvalue weighted by atomic mass is 9.96. The van der Waals surface area contributed by atoms with Crippen LogP contribution in [0.25, 0.3) is 0 Å². The molecule has 1 heterocycles. The summed E-state index contributed by atoms with van der Waals surface area (Å²) in [5.74, 6) is -4.56. The first-order valence-corrected chi connectivity index (χ1v) is 7.67. The second-order valence-electron chi connectivity index (χ2n) is 5.83. The molecule has 1 aliphatic rings. The predicted octanol–water partition coefficient (Wildman–Crippen LogP) is 2.14. The van der Waals surface area contributed by atoms with E-state index in [2.05, 4.69) is 5.32 Å².